The molecule has 0 radical (unpaired) electrons. The lowest BCUT2D eigenvalue weighted by atomic mass is 10.0. The molecule has 0 bridgehead atoms. The summed E-state index contributed by atoms with van der Waals surface area (Å²) in [6.07, 6.45) is 0. The van der Waals surface area contributed by atoms with Crippen LogP contribution in [0.5, 0.6) is 0 Å². The molecule has 0 atom stereocenters. The van der Waals surface area contributed by atoms with E-state index in [9.17, 15) is 5.21 Å². The minimum atomic E-state index is 0.386. The molecule has 3 nitrogen and oxygen atoms in total. The minimum absolute atomic E-state index is 0.386. The molecule has 0 aliphatic carbocycles. The number of fused-ring (bicyclic) bond motifs is 4. The van der Waals surface area contributed by atoms with Crippen LogP contribution < -0.4 is 4.73 Å². The van der Waals surface area contributed by atoms with E-state index in [2.05, 4.69) is 0 Å². The predicted molar refractivity (Wildman–Crippen MR) is 74.9 cm³/mol. The maximum atomic E-state index is 12.4. The molecule has 4 aromatic rings. The highest BCUT2D eigenvalue weighted by molar-refractivity contribution is 6.08. The number of hydrogen-bond donors (Lipinski definition) is 0. The van der Waals surface area contributed by atoms with Gasteiger partial charge in [0, 0.05) is 11.5 Å². The number of para-hydroxylation sites is 2. The Kier molecular flexibility index (Phi) is 1.90. The second-order valence-corrected chi connectivity index (χ2v) is 4.71. The van der Waals surface area contributed by atoms with Crippen LogP contribution in [0.3, 0.4) is 0 Å². The molecule has 4 rings (SSSR count). The number of pyridine rings is 1. The van der Waals surface area contributed by atoms with Crippen molar-refractivity contribution >= 4 is 33.0 Å². The summed E-state index contributed by atoms with van der Waals surface area (Å²) in [6, 6.07) is 15.4. The number of aromatic nitrogens is 1. The summed E-state index contributed by atoms with van der Waals surface area (Å²) in [5.41, 5.74) is 2.87. The van der Waals surface area contributed by atoms with Crippen LogP contribution in [0.2, 0.25) is 0 Å². The topological polar surface area (TPSA) is 40.1 Å². The maximum absolute atomic E-state index is 12.4. The highest BCUT2D eigenvalue weighted by Gasteiger charge is 2.20. The standard InChI is InChI=1S/C16H11NO2/c1-10-11-6-2-4-8-13(11)17(18)16-15(10)12-7-3-5-9-14(12)19-16/h2-9H,1H3. The molecular formula is C16H11NO2. The Morgan fingerprint density at radius 2 is 1.63 bits per heavy atom. The molecule has 0 aliphatic rings. The van der Waals surface area contributed by atoms with Gasteiger partial charge in [-0.3, -0.25) is 0 Å². The number of furan rings is 1. The molecule has 2 heterocycles. The van der Waals surface area contributed by atoms with E-state index in [-0.39, 0.29) is 0 Å². The summed E-state index contributed by atoms with van der Waals surface area (Å²) in [5, 5.41) is 15.3. The van der Waals surface area contributed by atoms with Gasteiger partial charge in [0.25, 0.3) is 0 Å². The van der Waals surface area contributed by atoms with Crippen LogP contribution >= 0.6 is 0 Å². The molecule has 0 spiro atoms. The van der Waals surface area contributed by atoms with Crippen molar-refractivity contribution in [3.8, 4) is 0 Å². The lowest BCUT2D eigenvalue weighted by molar-refractivity contribution is -0.555. The average molecular weight is 249 g/mol. The zero-order chi connectivity index (χ0) is 13.0. The van der Waals surface area contributed by atoms with Crippen molar-refractivity contribution in [1.82, 2.24) is 0 Å². The Morgan fingerprint density at radius 3 is 2.47 bits per heavy atom. The number of aryl methyl sites for hydroxylation is 1. The Morgan fingerprint density at radius 1 is 0.947 bits per heavy atom. The van der Waals surface area contributed by atoms with Gasteiger partial charge >= 0.3 is 5.71 Å². The SMILES string of the molecule is Cc1c2ccccc2[n+]([O-])c2oc3ccccc3c12. The third-order valence-electron chi connectivity index (χ3n) is 3.66. The summed E-state index contributed by atoms with van der Waals surface area (Å²) in [7, 11) is 0. The van der Waals surface area contributed by atoms with Crippen molar-refractivity contribution in [1.29, 1.82) is 0 Å². The highest BCUT2D eigenvalue weighted by atomic mass is 16.5. The van der Waals surface area contributed by atoms with Gasteiger partial charge in [-0.1, -0.05) is 30.3 Å². The Balaban J connectivity index is 2.39. The zero-order valence-electron chi connectivity index (χ0n) is 10.4. The van der Waals surface area contributed by atoms with Gasteiger partial charge in [0.1, 0.15) is 11.0 Å². The van der Waals surface area contributed by atoms with E-state index < -0.39 is 0 Å². The summed E-state index contributed by atoms with van der Waals surface area (Å²) in [4.78, 5) is 0. The lowest BCUT2D eigenvalue weighted by Gasteiger charge is -2.04. The summed E-state index contributed by atoms with van der Waals surface area (Å²) in [5.74, 6) is 0. The van der Waals surface area contributed by atoms with E-state index in [4.69, 9.17) is 4.42 Å². The van der Waals surface area contributed by atoms with Crippen molar-refractivity contribution in [2.75, 3.05) is 0 Å². The second kappa shape index (κ2) is 3.48. The van der Waals surface area contributed by atoms with Crippen LogP contribution in [0.25, 0.3) is 33.0 Å². The van der Waals surface area contributed by atoms with Crippen LogP contribution in [-0.2, 0) is 0 Å². The summed E-state index contributed by atoms with van der Waals surface area (Å²) < 4.78 is 6.61. The van der Waals surface area contributed by atoms with E-state index in [0.29, 0.717) is 11.2 Å². The molecule has 0 amide bonds. The van der Waals surface area contributed by atoms with Crippen LogP contribution in [0.1, 0.15) is 5.56 Å². The smallest absolute Gasteiger partial charge is 0.393 e. The van der Waals surface area contributed by atoms with Gasteiger partial charge in [-0.2, -0.15) is 0 Å². The molecule has 92 valence electrons. The van der Waals surface area contributed by atoms with E-state index in [0.717, 1.165) is 32.0 Å². The largest absolute Gasteiger partial charge is 0.616 e. The van der Waals surface area contributed by atoms with Crippen LogP contribution in [0.4, 0.5) is 0 Å². The Labute approximate surface area is 109 Å². The third-order valence-corrected chi connectivity index (χ3v) is 3.66. The van der Waals surface area contributed by atoms with Crippen molar-refractivity contribution in [3.05, 3.63) is 59.3 Å². The van der Waals surface area contributed by atoms with Crippen molar-refractivity contribution in [2.24, 2.45) is 0 Å². The monoisotopic (exact) mass is 249 g/mol. The molecule has 0 saturated carbocycles. The lowest BCUT2D eigenvalue weighted by Crippen LogP contribution is -2.27. The first kappa shape index (κ1) is 10.4. The maximum Gasteiger partial charge on any atom is 0.393 e. The molecule has 0 aliphatic heterocycles. The third kappa shape index (κ3) is 1.24. The Hall–Kier alpha value is -2.55. The molecule has 0 unspecified atom stereocenters. The summed E-state index contributed by atoms with van der Waals surface area (Å²) >= 11 is 0. The van der Waals surface area contributed by atoms with Crippen molar-refractivity contribution in [3.63, 3.8) is 0 Å². The Bertz CT molecular complexity index is 938. The normalized spacial score (nSPS) is 11.6. The van der Waals surface area contributed by atoms with Gasteiger partial charge in [0.15, 0.2) is 0 Å². The number of benzene rings is 2. The van der Waals surface area contributed by atoms with Crippen molar-refractivity contribution in [2.45, 2.75) is 6.92 Å². The van der Waals surface area contributed by atoms with E-state index in [1.165, 1.54) is 0 Å². The van der Waals surface area contributed by atoms with Crippen LogP contribution in [0, 0.1) is 12.1 Å². The van der Waals surface area contributed by atoms with Crippen LogP contribution in [-0.4, -0.2) is 0 Å². The van der Waals surface area contributed by atoms with E-state index in [1.807, 2.05) is 55.5 Å². The van der Waals surface area contributed by atoms with E-state index >= 15 is 0 Å². The van der Waals surface area contributed by atoms with Gasteiger partial charge in [0.2, 0.25) is 5.52 Å². The van der Waals surface area contributed by atoms with Crippen molar-refractivity contribution < 1.29 is 9.15 Å². The minimum Gasteiger partial charge on any atom is -0.616 e. The number of hydrogen-bond acceptors (Lipinski definition) is 2. The fourth-order valence-corrected chi connectivity index (χ4v) is 2.75. The average Bonchev–Trinajstić information content (AvgIpc) is 2.84. The molecule has 0 saturated heterocycles. The van der Waals surface area contributed by atoms with E-state index in [1.54, 1.807) is 0 Å². The second-order valence-electron chi connectivity index (χ2n) is 4.71. The molecule has 0 fully saturated rings. The first-order valence-electron chi connectivity index (χ1n) is 6.19. The molecule has 19 heavy (non-hydrogen) atoms. The van der Waals surface area contributed by atoms with Crippen LogP contribution in [0.15, 0.2) is 52.9 Å². The summed E-state index contributed by atoms with van der Waals surface area (Å²) in [6.45, 7) is 2.03. The predicted octanol–water partition coefficient (Wildman–Crippen LogP) is 3.68. The highest BCUT2D eigenvalue weighted by Crippen LogP contribution is 2.32. The molecule has 2 aromatic carbocycles. The van der Waals surface area contributed by atoms with Gasteiger partial charge in [-0.25, -0.2) is 0 Å². The fraction of sp³-hybridized carbons (Fsp3) is 0.0625. The fourth-order valence-electron chi connectivity index (χ4n) is 2.75. The molecular weight excluding hydrogens is 238 g/mol. The van der Waals surface area contributed by atoms with Gasteiger partial charge in [0.05, 0.1) is 5.39 Å². The van der Waals surface area contributed by atoms with Gasteiger partial charge < -0.3 is 9.62 Å². The van der Waals surface area contributed by atoms with Gasteiger partial charge in [-0.05, 0) is 24.6 Å². The number of rotatable bonds is 0. The van der Waals surface area contributed by atoms with Gasteiger partial charge in [-0.15, -0.1) is 4.73 Å². The first-order valence-corrected chi connectivity index (χ1v) is 6.19. The zero-order valence-corrected chi connectivity index (χ0v) is 10.4. The quantitative estimate of drug-likeness (QED) is 0.352. The molecule has 3 heteroatoms. The number of nitrogens with zero attached hydrogens (tertiary/aromatic N) is 1. The first-order chi connectivity index (χ1) is 9.27. The molecule has 2 aromatic heterocycles. The molecule has 0 N–H and O–H groups in total.